The van der Waals surface area contributed by atoms with Crippen molar-refractivity contribution in [2.75, 3.05) is 12.1 Å². The topological polar surface area (TPSA) is 30.5 Å². The Bertz CT molecular complexity index is 661. The van der Waals surface area contributed by atoms with Crippen molar-refractivity contribution in [3.05, 3.63) is 52.3 Å². The maximum atomic E-state index is 13.7. The van der Waals surface area contributed by atoms with Gasteiger partial charge in [-0.25, -0.2) is 4.39 Å². The van der Waals surface area contributed by atoms with E-state index in [9.17, 15) is 4.39 Å². The van der Waals surface area contributed by atoms with Crippen LogP contribution in [0.4, 0.5) is 10.1 Å². The molecule has 0 saturated heterocycles. The monoisotopic (exact) mass is 293 g/mol. The highest BCUT2D eigenvalue weighted by atomic mass is 35.5. The van der Waals surface area contributed by atoms with Gasteiger partial charge in [-0.2, -0.15) is 0 Å². The third-order valence-electron chi connectivity index (χ3n) is 3.13. The van der Waals surface area contributed by atoms with Crippen LogP contribution in [0.1, 0.15) is 11.1 Å². The molecule has 1 heterocycles. The van der Waals surface area contributed by atoms with E-state index in [2.05, 4.69) is 5.32 Å². The standard InChI is InChI=1S/C15H13ClFNO2/c1-9-2-3-12(17)10(4-9)7-18-13-6-15-14(5-11(13)16)19-8-20-15/h2-6,18H,7-8H2,1H3. The molecule has 0 aromatic heterocycles. The Morgan fingerprint density at radius 2 is 1.95 bits per heavy atom. The van der Waals surface area contributed by atoms with E-state index in [0.29, 0.717) is 34.3 Å². The molecule has 1 aliphatic rings. The molecule has 0 amide bonds. The summed E-state index contributed by atoms with van der Waals surface area (Å²) >= 11 is 6.15. The van der Waals surface area contributed by atoms with Crippen molar-refractivity contribution in [1.29, 1.82) is 0 Å². The van der Waals surface area contributed by atoms with Crippen LogP contribution in [0.5, 0.6) is 11.5 Å². The van der Waals surface area contributed by atoms with Crippen molar-refractivity contribution in [2.24, 2.45) is 0 Å². The van der Waals surface area contributed by atoms with Crippen molar-refractivity contribution in [2.45, 2.75) is 13.5 Å². The van der Waals surface area contributed by atoms with Gasteiger partial charge >= 0.3 is 0 Å². The molecular weight excluding hydrogens is 281 g/mol. The second-order valence-corrected chi connectivity index (χ2v) is 5.04. The van der Waals surface area contributed by atoms with Crippen molar-refractivity contribution in [1.82, 2.24) is 0 Å². The molecule has 0 radical (unpaired) electrons. The van der Waals surface area contributed by atoms with Crippen molar-refractivity contribution < 1.29 is 13.9 Å². The molecule has 0 fully saturated rings. The molecule has 0 atom stereocenters. The minimum Gasteiger partial charge on any atom is -0.454 e. The summed E-state index contributed by atoms with van der Waals surface area (Å²) in [5.41, 5.74) is 2.30. The Morgan fingerprint density at radius 3 is 2.75 bits per heavy atom. The Morgan fingerprint density at radius 1 is 1.20 bits per heavy atom. The average molecular weight is 294 g/mol. The Hall–Kier alpha value is -1.94. The van der Waals surface area contributed by atoms with Gasteiger partial charge < -0.3 is 14.8 Å². The molecule has 0 saturated carbocycles. The van der Waals surface area contributed by atoms with Gasteiger partial charge in [0.15, 0.2) is 11.5 Å². The van der Waals surface area contributed by atoms with Crippen LogP contribution in [0.15, 0.2) is 30.3 Å². The van der Waals surface area contributed by atoms with Gasteiger partial charge in [-0.1, -0.05) is 29.3 Å². The Labute approximate surface area is 121 Å². The summed E-state index contributed by atoms with van der Waals surface area (Å²) in [6.07, 6.45) is 0. The summed E-state index contributed by atoms with van der Waals surface area (Å²) < 4.78 is 24.2. The molecular formula is C15H13ClFNO2. The average Bonchev–Trinajstić information content (AvgIpc) is 2.86. The third-order valence-corrected chi connectivity index (χ3v) is 3.45. The van der Waals surface area contributed by atoms with Crippen LogP contribution in [0.3, 0.4) is 0 Å². The third kappa shape index (κ3) is 2.51. The largest absolute Gasteiger partial charge is 0.454 e. The number of hydrogen-bond acceptors (Lipinski definition) is 3. The van der Waals surface area contributed by atoms with E-state index in [1.807, 2.05) is 13.0 Å². The van der Waals surface area contributed by atoms with Crippen LogP contribution in [-0.4, -0.2) is 6.79 Å². The lowest BCUT2D eigenvalue weighted by Crippen LogP contribution is -2.02. The molecule has 2 aromatic rings. The van der Waals surface area contributed by atoms with E-state index in [-0.39, 0.29) is 12.6 Å². The number of benzene rings is 2. The molecule has 0 aliphatic carbocycles. The summed E-state index contributed by atoms with van der Waals surface area (Å²) in [7, 11) is 0. The number of rotatable bonds is 3. The summed E-state index contributed by atoms with van der Waals surface area (Å²) in [6.45, 7) is 2.48. The SMILES string of the molecule is Cc1ccc(F)c(CNc2cc3c(cc2Cl)OCO3)c1. The Balaban J connectivity index is 1.80. The van der Waals surface area contributed by atoms with Gasteiger partial charge in [0.05, 0.1) is 10.7 Å². The zero-order valence-electron chi connectivity index (χ0n) is 10.9. The van der Waals surface area contributed by atoms with Gasteiger partial charge in [-0.3, -0.25) is 0 Å². The van der Waals surface area contributed by atoms with Gasteiger partial charge in [-0.05, 0) is 13.0 Å². The quantitative estimate of drug-likeness (QED) is 0.923. The summed E-state index contributed by atoms with van der Waals surface area (Å²) in [6, 6.07) is 8.47. The number of ether oxygens (including phenoxy) is 2. The molecule has 3 nitrogen and oxygen atoms in total. The van der Waals surface area contributed by atoms with Gasteiger partial charge in [-0.15, -0.1) is 0 Å². The van der Waals surface area contributed by atoms with Crippen molar-refractivity contribution in [3.8, 4) is 11.5 Å². The molecule has 0 spiro atoms. The lowest BCUT2D eigenvalue weighted by molar-refractivity contribution is 0.174. The van der Waals surface area contributed by atoms with Gasteiger partial charge in [0.1, 0.15) is 5.82 Å². The molecule has 1 N–H and O–H groups in total. The van der Waals surface area contributed by atoms with Crippen LogP contribution in [0, 0.1) is 12.7 Å². The fourth-order valence-corrected chi connectivity index (χ4v) is 2.30. The normalized spacial score (nSPS) is 12.6. The van der Waals surface area contributed by atoms with Crippen molar-refractivity contribution in [3.63, 3.8) is 0 Å². The molecule has 0 unspecified atom stereocenters. The maximum absolute atomic E-state index is 13.7. The van der Waals surface area contributed by atoms with Crippen LogP contribution in [0.25, 0.3) is 0 Å². The minimum absolute atomic E-state index is 0.196. The predicted octanol–water partition coefficient (Wildman–Crippen LogP) is 4.13. The number of aryl methyl sites for hydroxylation is 1. The molecule has 1 aliphatic heterocycles. The summed E-state index contributed by atoms with van der Waals surface area (Å²) in [4.78, 5) is 0. The number of fused-ring (bicyclic) bond motifs is 1. The zero-order valence-corrected chi connectivity index (χ0v) is 11.6. The number of nitrogens with one attached hydrogen (secondary N) is 1. The van der Waals surface area contributed by atoms with Gasteiger partial charge in [0, 0.05) is 24.2 Å². The smallest absolute Gasteiger partial charge is 0.231 e. The van der Waals surface area contributed by atoms with Crippen LogP contribution < -0.4 is 14.8 Å². The molecule has 20 heavy (non-hydrogen) atoms. The molecule has 5 heteroatoms. The van der Waals surface area contributed by atoms with Crippen LogP contribution >= 0.6 is 11.6 Å². The highest BCUT2D eigenvalue weighted by Gasteiger charge is 2.16. The van der Waals surface area contributed by atoms with Crippen LogP contribution in [-0.2, 0) is 6.54 Å². The Kier molecular flexibility index (Phi) is 3.40. The minimum atomic E-state index is -0.236. The van der Waals surface area contributed by atoms with E-state index >= 15 is 0 Å². The lowest BCUT2D eigenvalue weighted by atomic mass is 10.1. The molecule has 3 rings (SSSR count). The molecule has 0 bridgehead atoms. The number of hydrogen-bond donors (Lipinski definition) is 1. The number of halogens is 2. The van der Waals surface area contributed by atoms with Gasteiger partial charge in [0.25, 0.3) is 0 Å². The highest BCUT2D eigenvalue weighted by molar-refractivity contribution is 6.33. The fourth-order valence-electron chi connectivity index (χ4n) is 2.08. The first kappa shape index (κ1) is 13.1. The summed E-state index contributed by atoms with van der Waals surface area (Å²) in [5, 5.41) is 3.64. The first-order chi connectivity index (χ1) is 9.63. The maximum Gasteiger partial charge on any atom is 0.231 e. The van der Waals surface area contributed by atoms with E-state index < -0.39 is 0 Å². The molecule has 104 valence electrons. The first-order valence-corrected chi connectivity index (χ1v) is 6.59. The number of anilines is 1. The summed E-state index contributed by atoms with van der Waals surface area (Å²) in [5.74, 6) is 1.03. The second-order valence-electron chi connectivity index (χ2n) is 4.63. The highest BCUT2D eigenvalue weighted by Crippen LogP contribution is 2.39. The fraction of sp³-hybridized carbons (Fsp3) is 0.200. The van der Waals surface area contributed by atoms with E-state index in [4.69, 9.17) is 21.1 Å². The van der Waals surface area contributed by atoms with Gasteiger partial charge in [0.2, 0.25) is 6.79 Å². The first-order valence-electron chi connectivity index (χ1n) is 6.21. The zero-order chi connectivity index (χ0) is 14.1. The van der Waals surface area contributed by atoms with E-state index in [1.165, 1.54) is 6.07 Å². The van der Waals surface area contributed by atoms with E-state index in [0.717, 1.165) is 5.56 Å². The van der Waals surface area contributed by atoms with Crippen molar-refractivity contribution >= 4 is 17.3 Å². The predicted molar refractivity (Wildman–Crippen MR) is 76.0 cm³/mol. The van der Waals surface area contributed by atoms with E-state index in [1.54, 1.807) is 18.2 Å². The molecule has 2 aromatic carbocycles. The van der Waals surface area contributed by atoms with Crippen LogP contribution in [0.2, 0.25) is 5.02 Å². The second kappa shape index (κ2) is 5.21. The lowest BCUT2D eigenvalue weighted by Gasteiger charge is -2.10.